The number of halogens is 1. The second-order valence-electron chi connectivity index (χ2n) is 4.11. The summed E-state index contributed by atoms with van der Waals surface area (Å²) in [5.41, 5.74) is -0.247. The molecule has 2 N–H and O–H groups in total. The lowest BCUT2D eigenvalue weighted by molar-refractivity contribution is 0.0698. The standard InChI is InChI=1S/C12H11ClN2O4S/c1-15-5-4-9(7-15)20(18,19)14-11-6-8(13)2-3-10(11)12(16)17/h2-7,14H,1H3,(H,16,17). The van der Waals surface area contributed by atoms with Crippen molar-refractivity contribution < 1.29 is 18.3 Å². The van der Waals surface area contributed by atoms with Crippen molar-refractivity contribution in [1.82, 2.24) is 4.57 Å². The van der Waals surface area contributed by atoms with E-state index in [0.717, 1.165) is 0 Å². The van der Waals surface area contributed by atoms with Gasteiger partial charge in [-0.3, -0.25) is 4.72 Å². The fourth-order valence-corrected chi connectivity index (χ4v) is 2.92. The molecule has 8 heteroatoms. The van der Waals surface area contributed by atoms with Crippen molar-refractivity contribution in [3.8, 4) is 0 Å². The minimum Gasteiger partial charge on any atom is -0.478 e. The molecular weight excluding hydrogens is 304 g/mol. The van der Waals surface area contributed by atoms with Gasteiger partial charge in [0.25, 0.3) is 10.0 Å². The number of nitrogens with one attached hydrogen (secondary N) is 1. The van der Waals surface area contributed by atoms with Crippen molar-refractivity contribution in [2.24, 2.45) is 7.05 Å². The molecule has 2 rings (SSSR count). The normalized spacial score (nSPS) is 11.3. The molecular formula is C12H11ClN2O4S. The lowest BCUT2D eigenvalue weighted by atomic mass is 10.2. The Bertz CT molecular complexity index is 768. The van der Waals surface area contributed by atoms with Crippen LogP contribution in [-0.4, -0.2) is 24.1 Å². The Hall–Kier alpha value is -1.99. The lowest BCUT2D eigenvalue weighted by Crippen LogP contribution is -2.15. The number of hydrogen-bond donors (Lipinski definition) is 2. The number of benzene rings is 1. The second-order valence-corrected chi connectivity index (χ2v) is 6.23. The third kappa shape index (κ3) is 2.94. The van der Waals surface area contributed by atoms with Crippen molar-refractivity contribution in [2.75, 3.05) is 4.72 Å². The quantitative estimate of drug-likeness (QED) is 0.905. The number of sulfonamides is 1. The molecule has 20 heavy (non-hydrogen) atoms. The van der Waals surface area contributed by atoms with Crippen LogP contribution in [0.25, 0.3) is 0 Å². The smallest absolute Gasteiger partial charge is 0.337 e. The number of carboxylic acids is 1. The molecule has 6 nitrogen and oxygen atoms in total. The topological polar surface area (TPSA) is 88.4 Å². The summed E-state index contributed by atoms with van der Waals surface area (Å²) < 4.78 is 28.1. The molecule has 2 aromatic rings. The maximum Gasteiger partial charge on any atom is 0.337 e. The molecule has 1 aromatic carbocycles. The van der Waals surface area contributed by atoms with Crippen molar-refractivity contribution in [1.29, 1.82) is 0 Å². The molecule has 0 spiro atoms. The molecule has 0 atom stereocenters. The van der Waals surface area contributed by atoms with E-state index in [-0.39, 0.29) is 21.2 Å². The van der Waals surface area contributed by atoms with E-state index in [1.807, 2.05) is 0 Å². The van der Waals surface area contributed by atoms with Crippen LogP contribution in [0.2, 0.25) is 5.02 Å². The number of hydrogen-bond acceptors (Lipinski definition) is 3. The highest BCUT2D eigenvalue weighted by atomic mass is 35.5. The minimum absolute atomic E-state index is 0.0383. The Balaban J connectivity index is 2.44. The largest absolute Gasteiger partial charge is 0.478 e. The first kappa shape index (κ1) is 14.4. The molecule has 0 unspecified atom stereocenters. The number of rotatable bonds is 4. The van der Waals surface area contributed by atoms with E-state index < -0.39 is 16.0 Å². The van der Waals surface area contributed by atoms with Gasteiger partial charge in [-0.1, -0.05) is 11.6 Å². The van der Waals surface area contributed by atoms with Crippen molar-refractivity contribution in [2.45, 2.75) is 4.90 Å². The minimum atomic E-state index is -3.86. The van der Waals surface area contributed by atoms with Crippen molar-refractivity contribution in [3.63, 3.8) is 0 Å². The van der Waals surface area contributed by atoms with E-state index >= 15 is 0 Å². The van der Waals surface area contributed by atoms with Crippen molar-refractivity contribution >= 4 is 33.3 Å². The van der Waals surface area contributed by atoms with Crippen LogP contribution < -0.4 is 4.72 Å². The molecule has 0 saturated heterocycles. The fraction of sp³-hybridized carbons (Fsp3) is 0.0833. The Morgan fingerprint density at radius 2 is 2.05 bits per heavy atom. The van der Waals surface area contributed by atoms with Gasteiger partial charge in [0.2, 0.25) is 0 Å². The number of aromatic carboxylic acids is 1. The number of nitrogens with zero attached hydrogens (tertiary/aromatic N) is 1. The van der Waals surface area contributed by atoms with Gasteiger partial charge in [-0.2, -0.15) is 0 Å². The maximum absolute atomic E-state index is 12.1. The summed E-state index contributed by atoms with van der Waals surface area (Å²) in [7, 11) is -2.18. The van der Waals surface area contributed by atoms with Crippen LogP contribution in [-0.2, 0) is 17.1 Å². The number of aryl methyl sites for hydroxylation is 1. The second kappa shape index (κ2) is 5.18. The molecule has 0 aliphatic carbocycles. The van der Waals surface area contributed by atoms with Crippen LogP contribution >= 0.6 is 11.6 Å². The summed E-state index contributed by atoms with van der Waals surface area (Å²) >= 11 is 5.77. The van der Waals surface area contributed by atoms with E-state index in [0.29, 0.717) is 0 Å². The zero-order valence-electron chi connectivity index (χ0n) is 10.4. The highest BCUT2D eigenvalue weighted by Gasteiger charge is 2.19. The molecule has 0 saturated carbocycles. The molecule has 0 amide bonds. The van der Waals surface area contributed by atoms with Crippen LogP contribution in [0.4, 0.5) is 5.69 Å². The molecule has 0 aliphatic rings. The van der Waals surface area contributed by atoms with Crippen LogP contribution in [0.5, 0.6) is 0 Å². The average molecular weight is 315 g/mol. The predicted molar refractivity (Wildman–Crippen MR) is 74.6 cm³/mol. The van der Waals surface area contributed by atoms with Crippen LogP contribution in [0.1, 0.15) is 10.4 Å². The maximum atomic E-state index is 12.1. The van der Waals surface area contributed by atoms with Gasteiger partial charge in [0.1, 0.15) is 4.90 Å². The number of aromatic nitrogens is 1. The van der Waals surface area contributed by atoms with Crippen LogP contribution in [0.3, 0.4) is 0 Å². The van der Waals surface area contributed by atoms with Gasteiger partial charge in [0.15, 0.2) is 0 Å². The summed E-state index contributed by atoms with van der Waals surface area (Å²) in [4.78, 5) is 11.1. The van der Waals surface area contributed by atoms with Gasteiger partial charge < -0.3 is 9.67 Å². The molecule has 106 valence electrons. The number of anilines is 1. The van der Waals surface area contributed by atoms with E-state index in [1.165, 1.54) is 30.5 Å². The first-order chi connectivity index (χ1) is 9.29. The first-order valence-corrected chi connectivity index (χ1v) is 7.33. The lowest BCUT2D eigenvalue weighted by Gasteiger charge is -2.09. The van der Waals surface area contributed by atoms with E-state index in [1.54, 1.807) is 17.8 Å². The summed E-state index contributed by atoms with van der Waals surface area (Å²) in [5.74, 6) is -1.24. The van der Waals surface area contributed by atoms with Gasteiger partial charge in [-0.25, -0.2) is 13.2 Å². The van der Waals surface area contributed by atoms with Crippen molar-refractivity contribution in [3.05, 3.63) is 47.2 Å². The van der Waals surface area contributed by atoms with Gasteiger partial charge in [0, 0.05) is 24.5 Å². The van der Waals surface area contributed by atoms with E-state index in [2.05, 4.69) is 4.72 Å². The molecule has 0 aliphatic heterocycles. The Morgan fingerprint density at radius 1 is 1.35 bits per heavy atom. The average Bonchev–Trinajstić information content (AvgIpc) is 2.75. The Labute approximate surface area is 120 Å². The first-order valence-electron chi connectivity index (χ1n) is 5.47. The van der Waals surface area contributed by atoms with Crippen LogP contribution in [0, 0.1) is 0 Å². The highest BCUT2D eigenvalue weighted by molar-refractivity contribution is 7.92. The van der Waals surface area contributed by atoms with Crippen LogP contribution in [0.15, 0.2) is 41.6 Å². The molecule has 0 fully saturated rings. The summed E-state index contributed by atoms with van der Waals surface area (Å²) in [5, 5.41) is 9.28. The number of carboxylic acid groups (broad SMARTS) is 1. The predicted octanol–water partition coefficient (Wildman–Crippen LogP) is 2.18. The summed E-state index contributed by atoms with van der Waals surface area (Å²) in [6.07, 6.45) is 2.98. The SMILES string of the molecule is Cn1ccc(S(=O)(=O)Nc2cc(Cl)ccc2C(=O)O)c1. The fourth-order valence-electron chi connectivity index (χ4n) is 1.63. The monoisotopic (exact) mass is 314 g/mol. The third-order valence-electron chi connectivity index (χ3n) is 2.57. The van der Waals surface area contributed by atoms with E-state index in [9.17, 15) is 13.2 Å². The zero-order valence-corrected chi connectivity index (χ0v) is 11.9. The molecule has 0 bridgehead atoms. The molecule has 1 heterocycles. The molecule has 1 aromatic heterocycles. The zero-order chi connectivity index (χ0) is 14.9. The number of carbonyl (C=O) groups is 1. The van der Waals surface area contributed by atoms with Gasteiger partial charge in [0.05, 0.1) is 11.3 Å². The molecule has 0 radical (unpaired) electrons. The van der Waals surface area contributed by atoms with Gasteiger partial charge >= 0.3 is 5.97 Å². The Morgan fingerprint density at radius 3 is 2.60 bits per heavy atom. The van der Waals surface area contributed by atoms with Gasteiger partial charge in [-0.15, -0.1) is 0 Å². The summed E-state index contributed by atoms with van der Waals surface area (Å²) in [6.45, 7) is 0. The third-order valence-corrected chi connectivity index (χ3v) is 4.16. The van der Waals surface area contributed by atoms with E-state index in [4.69, 9.17) is 16.7 Å². The van der Waals surface area contributed by atoms with Gasteiger partial charge in [-0.05, 0) is 24.3 Å². The highest BCUT2D eigenvalue weighted by Crippen LogP contribution is 2.24. The Kier molecular flexibility index (Phi) is 3.74. The summed E-state index contributed by atoms with van der Waals surface area (Å²) in [6, 6.07) is 5.29.